The van der Waals surface area contributed by atoms with Crippen LogP contribution in [0.15, 0.2) is 36.4 Å². The molecule has 3 aliphatic rings. The van der Waals surface area contributed by atoms with Gasteiger partial charge < -0.3 is 15.2 Å². The van der Waals surface area contributed by atoms with Gasteiger partial charge in [0.2, 0.25) is 0 Å². The predicted octanol–water partition coefficient (Wildman–Crippen LogP) is 3.77. The Labute approximate surface area is 175 Å². The first-order valence-electron chi connectivity index (χ1n) is 10.6. The van der Waals surface area contributed by atoms with E-state index in [0.717, 1.165) is 37.2 Å². The van der Waals surface area contributed by atoms with E-state index >= 15 is 0 Å². The average molecular weight is 408 g/mol. The van der Waals surface area contributed by atoms with E-state index in [1.165, 1.54) is 30.5 Å². The van der Waals surface area contributed by atoms with Crippen LogP contribution < -0.4 is 5.32 Å². The van der Waals surface area contributed by atoms with Crippen molar-refractivity contribution in [2.45, 2.75) is 32.4 Å². The second-order valence-electron chi connectivity index (χ2n) is 8.38. The molecule has 3 heterocycles. The molecule has 2 aromatic carbocycles. The van der Waals surface area contributed by atoms with Gasteiger partial charge in [0, 0.05) is 42.1 Å². The third-order valence-corrected chi connectivity index (χ3v) is 6.29. The van der Waals surface area contributed by atoms with E-state index in [1.807, 2.05) is 6.07 Å². The van der Waals surface area contributed by atoms with Gasteiger partial charge in [0.25, 0.3) is 5.91 Å². The third kappa shape index (κ3) is 3.50. The molecule has 2 N–H and O–H groups in total. The van der Waals surface area contributed by atoms with Crippen LogP contribution in [0, 0.1) is 11.7 Å². The fourth-order valence-electron chi connectivity index (χ4n) is 4.86. The monoisotopic (exact) mass is 408 g/mol. The summed E-state index contributed by atoms with van der Waals surface area (Å²) < 4.78 is 19.7. The van der Waals surface area contributed by atoms with Gasteiger partial charge in [-0.1, -0.05) is 18.2 Å². The zero-order valence-corrected chi connectivity index (χ0v) is 16.8. The summed E-state index contributed by atoms with van der Waals surface area (Å²) in [5, 5.41) is 12.0. The summed E-state index contributed by atoms with van der Waals surface area (Å²) in [7, 11) is 0. The first kappa shape index (κ1) is 19.3. The standard InChI is InChI=1S/C24H25FN2O3/c25-18-4-6-21-20(11-18)22(24(29)26-21)23-19-5-3-16(10-17(19)14-30-23)13-27-8-1-2-15(12-27)7-9-28/h3-6,10-11,15,28H,1-2,7-9,12-14H2,(H,26,29). The summed E-state index contributed by atoms with van der Waals surface area (Å²) in [6.45, 7) is 3.63. The van der Waals surface area contributed by atoms with Crippen LogP contribution in [0.2, 0.25) is 0 Å². The Kier molecular flexibility index (Phi) is 5.05. The summed E-state index contributed by atoms with van der Waals surface area (Å²) in [6, 6.07) is 10.6. The first-order valence-corrected chi connectivity index (χ1v) is 10.6. The number of aliphatic hydroxyl groups excluding tert-OH is 1. The number of carbonyl (C=O) groups excluding carboxylic acids is 1. The first-order chi connectivity index (χ1) is 14.6. The van der Waals surface area contributed by atoms with Crippen LogP contribution in [0.25, 0.3) is 11.3 Å². The van der Waals surface area contributed by atoms with Crippen LogP contribution in [0.3, 0.4) is 0 Å². The maximum atomic E-state index is 13.8. The highest BCUT2D eigenvalue weighted by Gasteiger charge is 2.33. The zero-order chi connectivity index (χ0) is 20.7. The minimum absolute atomic E-state index is 0.257. The normalized spacial score (nSPS) is 23.1. The van der Waals surface area contributed by atoms with Gasteiger partial charge in [0.1, 0.15) is 18.2 Å². The molecule has 0 spiro atoms. The minimum atomic E-state index is -0.377. The van der Waals surface area contributed by atoms with Crippen molar-refractivity contribution >= 4 is 22.9 Å². The molecule has 0 radical (unpaired) electrons. The van der Waals surface area contributed by atoms with E-state index in [2.05, 4.69) is 22.3 Å². The lowest BCUT2D eigenvalue weighted by molar-refractivity contribution is -0.110. The minimum Gasteiger partial charge on any atom is -0.487 e. The number of carbonyl (C=O) groups is 1. The van der Waals surface area contributed by atoms with Crippen LogP contribution in [0.4, 0.5) is 10.1 Å². The number of amides is 1. The maximum Gasteiger partial charge on any atom is 0.260 e. The lowest BCUT2D eigenvalue weighted by atomic mass is 9.94. The van der Waals surface area contributed by atoms with Crippen molar-refractivity contribution in [2.24, 2.45) is 5.92 Å². The second-order valence-corrected chi connectivity index (χ2v) is 8.38. The van der Waals surface area contributed by atoms with Gasteiger partial charge >= 0.3 is 0 Å². The number of nitrogens with one attached hydrogen (secondary N) is 1. The van der Waals surface area contributed by atoms with Crippen molar-refractivity contribution in [3.8, 4) is 0 Å². The summed E-state index contributed by atoms with van der Waals surface area (Å²) in [5.41, 5.74) is 4.74. The highest BCUT2D eigenvalue weighted by molar-refractivity contribution is 6.36. The number of aliphatic hydroxyl groups is 1. The molecular formula is C24H25FN2O3. The van der Waals surface area contributed by atoms with Gasteiger partial charge in [0.05, 0.1) is 5.57 Å². The van der Waals surface area contributed by atoms with E-state index in [0.29, 0.717) is 35.1 Å². The van der Waals surface area contributed by atoms with E-state index in [-0.39, 0.29) is 18.3 Å². The lowest BCUT2D eigenvalue weighted by Crippen LogP contribution is -2.35. The topological polar surface area (TPSA) is 61.8 Å². The molecule has 6 heteroatoms. The Bertz CT molecular complexity index is 1030. The molecular weight excluding hydrogens is 383 g/mol. The van der Waals surface area contributed by atoms with Gasteiger partial charge in [-0.2, -0.15) is 0 Å². The molecule has 0 saturated carbocycles. The number of ether oxygens (including phenoxy) is 1. The summed E-state index contributed by atoms with van der Waals surface area (Å²) in [4.78, 5) is 15.0. The molecule has 0 bridgehead atoms. The van der Waals surface area contributed by atoms with Crippen molar-refractivity contribution in [3.63, 3.8) is 0 Å². The van der Waals surface area contributed by atoms with E-state index in [9.17, 15) is 14.3 Å². The maximum absolute atomic E-state index is 13.8. The van der Waals surface area contributed by atoms with Crippen LogP contribution in [0.5, 0.6) is 0 Å². The van der Waals surface area contributed by atoms with Gasteiger partial charge in [-0.25, -0.2) is 4.39 Å². The van der Waals surface area contributed by atoms with Gasteiger partial charge in [-0.15, -0.1) is 0 Å². The van der Waals surface area contributed by atoms with Crippen molar-refractivity contribution in [1.82, 2.24) is 4.90 Å². The lowest BCUT2D eigenvalue weighted by Gasteiger charge is -2.32. The number of hydrogen-bond donors (Lipinski definition) is 2. The van der Waals surface area contributed by atoms with Crippen LogP contribution >= 0.6 is 0 Å². The molecule has 5 rings (SSSR count). The number of piperidine rings is 1. The number of nitrogens with zero attached hydrogens (tertiary/aromatic N) is 1. The molecule has 0 aliphatic carbocycles. The van der Waals surface area contributed by atoms with Crippen LogP contribution in [-0.2, 0) is 22.7 Å². The van der Waals surface area contributed by atoms with E-state index < -0.39 is 0 Å². The molecule has 5 nitrogen and oxygen atoms in total. The fourth-order valence-corrected chi connectivity index (χ4v) is 4.86. The highest BCUT2D eigenvalue weighted by atomic mass is 19.1. The zero-order valence-electron chi connectivity index (χ0n) is 16.8. The molecule has 2 aromatic rings. The molecule has 1 saturated heterocycles. The quantitative estimate of drug-likeness (QED) is 0.756. The number of likely N-dealkylation sites (tertiary alicyclic amines) is 1. The smallest absolute Gasteiger partial charge is 0.260 e. The number of halogens is 1. The second kappa shape index (κ2) is 7.85. The molecule has 3 aliphatic heterocycles. The largest absolute Gasteiger partial charge is 0.487 e. The van der Waals surface area contributed by atoms with Crippen molar-refractivity contribution in [1.29, 1.82) is 0 Å². The molecule has 1 atom stereocenters. The molecule has 1 amide bonds. The number of benzene rings is 2. The van der Waals surface area contributed by atoms with Gasteiger partial charge in [-0.05, 0) is 55.5 Å². The molecule has 156 valence electrons. The summed E-state index contributed by atoms with van der Waals surface area (Å²) >= 11 is 0. The molecule has 1 fully saturated rings. The number of fused-ring (bicyclic) bond motifs is 2. The SMILES string of the molecule is O=C1Nc2ccc(F)cc2C1=C1OCc2cc(CN3CCCC(CCO)C3)ccc21. The number of hydrogen-bond acceptors (Lipinski definition) is 4. The third-order valence-electron chi connectivity index (χ3n) is 6.29. The summed E-state index contributed by atoms with van der Waals surface area (Å²) in [6.07, 6.45) is 3.23. The van der Waals surface area contributed by atoms with Crippen molar-refractivity contribution in [3.05, 3.63) is 64.5 Å². The van der Waals surface area contributed by atoms with E-state index in [1.54, 1.807) is 6.07 Å². The number of rotatable bonds is 4. The highest BCUT2D eigenvalue weighted by Crippen LogP contribution is 2.42. The molecule has 1 unspecified atom stereocenters. The Morgan fingerprint density at radius 3 is 2.97 bits per heavy atom. The number of anilines is 1. The average Bonchev–Trinajstić information content (AvgIpc) is 3.27. The predicted molar refractivity (Wildman–Crippen MR) is 113 cm³/mol. The Morgan fingerprint density at radius 2 is 2.10 bits per heavy atom. The van der Waals surface area contributed by atoms with Crippen molar-refractivity contribution < 1.29 is 19.0 Å². The van der Waals surface area contributed by atoms with Gasteiger partial charge in [-0.3, -0.25) is 9.69 Å². The van der Waals surface area contributed by atoms with Gasteiger partial charge in [0.15, 0.2) is 0 Å². The Balaban J connectivity index is 1.41. The summed E-state index contributed by atoms with van der Waals surface area (Å²) in [5.74, 6) is 0.460. The van der Waals surface area contributed by atoms with E-state index in [4.69, 9.17) is 4.74 Å². The van der Waals surface area contributed by atoms with Crippen LogP contribution in [0.1, 0.15) is 41.5 Å². The Morgan fingerprint density at radius 1 is 1.20 bits per heavy atom. The fraction of sp³-hybridized carbons (Fsp3) is 0.375. The molecule has 0 aromatic heterocycles. The van der Waals surface area contributed by atoms with Crippen molar-refractivity contribution in [2.75, 3.05) is 25.0 Å². The molecule has 30 heavy (non-hydrogen) atoms. The Hall–Kier alpha value is -2.70. The van der Waals surface area contributed by atoms with Crippen LogP contribution in [-0.4, -0.2) is 35.6 Å².